The van der Waals surface area contributed by atoms with Crippen LogP contribution in [0.15, 0.2) is 126 Å². The molecule has 81 heavy (non-hydrogen) atoms. The summed E-state index contributed by atoms with van der Waals surface area (Å²) in [5.74, 6) is 10.8. The molecule has 9 saturated carbocycles. The standard InChI is InChI=1S/2C26H28FNO.C20H24BrNO/c2*27-21-6-3-5-17(13-21)19-8-9-22(28-16-19)10-11-25-24-7-2-1-4-18(24)12-20-14-23(29)15-26(20)25;21-15-5-6-16(22-12-15)7-8-19-18-4-2-1-3-13(18)9-14-10-17(23)11-20(14)19/h2*3,5-6,8-11,13,16,18,20,24-26H,1-2,4,7,12,14-15H2;5-8,12-14,18-20H,1-4,9-11H2/b2*11-10+;8-7+/t2*18-,20+,24+,25-,26-;13-,14-,18+,19-,20-/m000/s1. The van der Waals surface area contributed by atoms with Crippen LogP contribution >= 0.6 is 15.9 Å². The van der Waals surface area contributed by atoms with Gasteiger partial charge in [0.05, 0.1) is 17.1 Å². The number of fused-ring (bicyclic) bond motifs is 6. The third-order valence-electron chi connectivity index (χ3n) is 21.5. The van der Waals surface area contributed by atoms with Gasteiger partial charge in [0.2, 0.25) is 0 Å². The molecule has 0 spiro atoms. The van der Waals surface area contributed by atoms with Crippen LogP contribution in [0.2, 0.25) is 0 Å². The molecule has 15 atom stereocenters. The lowest BCUT2D eigenvalue weighted by Gasteiger charge is -2.46. The monoisotopic (exact) mass is 1150 g/mol. The smallest absolute Gasteiger partial charge is 0.133 e. The highest BCUT2D eigenvalue weighted by molar-refractivity contribution is 9.10. The summed E-state index contributed by atoms with van der Waals surface area (Å²) in [6.45, 7) is 0. The molecule has 0 N–H and O–H groups in total. The zero-order chi connectivity index (χ0) is 55.4. The van der Waals surface area contributed by atoms with Gasteiger partial charge in [0.15, 0.2) is 0 Å². The summed E-state index contributed by atoms with van der Waals surface area (Å²) in [5, 5.41) is 0. The van der Waals surface area contributed by atoms with Crippen molar-refractivity contribution in [2.24, 2.45) is 88.8 Å². The van der Waals surface area contributed by atoms with Gasteiger partial charge in [0.1, 0.15) is 29.0 Å². The number of halogens is 3. The number of ketones is 3. The van der Waals surface area contributed by atoms with E-state index in [0.29, 0.717) is 70.6 Å². The number of benzene rings is 2. The molecule has 5 aromatic rings. The van der Waals surface area contributed by atoms with Gasteiger partial charge in [0, 0.05) is 72.7 Å². The fraction of sp³-hybridized carbons (Fsp3) is 0.500. The Hall–Kier alpha value is -5.54. The molecular formula is C72H80BrF2N3O3. The van der Waals surface area contributed by atoms with Crippen LogP contribution in [0.4, 0.5) is 8.78 Å². The molecule has 0 radical (unpaired) electrons. The van der Waals surface area contributed by atoms with Gasteiger partial charge in [-0.1, -0.05) is 112 Å². The Morgan fingerprint density at radius 1 is 0.383 bits per heavy atom. The van der Waals surface area contributed by atoms with Crippen molar-refractivity contribution in [3.63, 3.8) is 0 Å². The molecule has 9 heteroatoms. The van der Waals surface area contributed by atoms with Crippen LogP contribution in [0.1, 0.15) is 152 Å². The minimum absolute atomic E-state index is 0.230. The van der Waals surface area contributed by atoms with Gasteiger partial charge in [-0.3, -0.25) is 29.3 Å². The van der Waals surface area contributed by atoms with Crippen molar-refractivity contribution in [3.05, 3.63) is 155 Å². The number of aromatic nitrogens is 3. The average molecular weight is 1150 g/mol. The molecule has 0 amide bonds. The molecular weight excluding hydrogens is 1070 g/mol. The van der Waals surface area contributed by atoms with Crippen molar-refractivity contribution < 1.29 is 23.2 Å². The van der Waals surface area contributed by atoms with Crippen molar-refractivity contribution in [2.75, 3.05) is 0 Å². The van der Waals surface area contributed by atoms with Crippen LogP contribution in [0, 0.1) is 100 Å². The highest BCUT2D eigenvalue weighted by Gasteiger charge is 2.50. The van der Waals surface area contributed by atoms with Gasteiger partial charge in [-0.2, -0.15) is 0 Å². The van der Waals surface area contributed by atoms with Crippen LogP contribution in [0.3, 0.4) is 0 Å². The minimum atomic E-state index is -0.230. The van der Waals surface area contributed by atoms with E-state index in [4.69, 9.17) is 0 Å². The number of carbonyl (C=O) groups excluding carboxylic acids is 3. The van der Waals surface area contributed by atoms with Crippen LogP contribution in [0.5, 0.6) is 0 Å². The molecule has 2 aromatic carbocycles. The van der Waals surface area contributed by atoms with E-state index in [1.165, 1.54) is 121 Å². The third kappa shape index (κ3) is 13.1. The number of hydrogen-bond donors (Lipinski definition) is 0. The number of pyridine rings is 3. The van der Waals surface area contributed by atoms with Gasteiger partial charge in [-0.25, -0.2) is 8.78 Å². The number of carbonyl (C=O) groups is 3. The molecule has 422 valence electrons. The molecule has 0 bridgehead atoms. The summed E-state index contributed by atoms with van der Waals surface area (Å²) in [4.78, 5) is 50.0. The maximum atomic E-state index is 13.5. The second-order valence-electron chi connectivity index (χ2n) is 26.1. The van der Waals surface area contributed by atoms with Gasteiger partial charge < -0.3 is 0 Å². The molecule has 0 unspecified atom stereocenters. The lowest BCUT2D eigenvalue weighted by molar-refractivity contribution is -0.118. The highest BCUT2D eigenvalue weighted by atomic mass is 79.9. The van der Waals surface area contributed by atoms with Crippen molar-refractivity contribution in [1.82, 2.24) is 15.0 Å². The van der Waals surface area contributed by atoms with E-state index in [9.17, 15) is 23.2 Å². The Morgan fingerprint density at radius 3 is 1.07 bits per heavy atom. The Labute approximate surface area is 487 Å². The molecule has 0 aliphatic heterocycles. The second kappa shape index (κ2) is 25.5. The predicted octanol–water partition coefficient (Wildman–Crippen LogP) is 17.9. The molecule has 0 saturated heterocycles. The lowest BCUT2D eigenvalue weighted by Crippen LogP contribution is -2.38. The van der Waals surface area contributed by atoms with Crippen molar-refractivity contribution in [2.45, 2.75) is 135 Å². The van der Waals surface area contributed by atoms with Crippen molar-refractivity contribution in [1.29, 1.82) is 0 Å². The van der Waals surface area contributed by atoms with E-state index in [0.717, 1.165) is 118 Å². The molecule has 14 rings (SSSR count). The number of allylic oxidation sites excluding steroid dienone is 3. The van der Waals surface area contributed by atoms with E-state index in [-0.39, 0.29) is 11.6 Å². The first kappa shape index (κ1) is 56.0. The lowest BCUT2D eigenvalue weighted by atomic mass is 9.58. The van der Waals surface area contributed by atoms with Gasteiger partial charge >= 0.3 is 0 Å². The summed E-state index contributed by atoms with van der Waals surface area (Å²) in [6.07, 6.45) is 43.9. The van der Waals surface area contributed by atoms with E-state index >= 15 is 0 Å². The fourth-order valence-electron chi connectivity index (χ4n) is 17.9. The highest BCUT2D eigenvalue weighted by Crippen LogP contribution is 2.57. The normalized spacial score (nSPS) is 33.1. The SMILES string of the molecule is O=C1C[C@@H]2C[C@@H]3CCCC[C@H]3[C@H](/C=C/c3ccc(Br)cn3)[C@H]2C1.O=C1C[C@H]2C[C@@H]3CCCC[C@H]3[C@H](/C=C/c3ccc(-c4cccc(F)c4)cn3)[C@H]2C1.O=C1C[C@H]2C[C@@H]3CCCC[C@H]3[C@H](/C=C/c3ccc(-c4cccc(F)c4)cn3)[C@H]2C1. The van der Waals surface area contributed by atoms with E-state index < -0.39 is 0 Å². The van der Waals surface area contributed by atoms with Gasteiger partial charge in [0.25, 0.3) is 0 Å². The Kier molecular flexibility index (Phi) is 17.6. The first-order chi connectivity index (χ1) is 39.5. The molecule has 3 heterocycles. The molecule has 9 fully saturated rings. The van der Waals surface area contributed by atoms with E-state index in [1.807, 2.05) is 61.1 Å². The van der Waals surface area contributed by atoms with Crippen molar-refractivity contribution >= 4 is 51.5 Å². The quantitative estimate of drug-likeness (QED) is 0.154. The van der Waals surface area contributed by atoms with Crippen LogP contribution in [-0.4, -0.2) is 32.3 Å². The van der Waals surface area contributed by atoms with Gasteiger partial charge in [-0.05, 0) is 221 Å². The molecule has 6 nitrogen and oxygen atoms in total. The largest absolute Gasteiger partial charge is 0.300 e. The molecule has 3 aromatic heterocycles. The second-order valence-corrected chi connectivity index (χ2v) is 27.0. The van der Waals surface area contributed by atoms with Crippen LogP contribution < -0.4 is 0 Å². The average Bonchev–Trinajstić information content (AvgIpc) is 4.43. The zero-order valence-electron chi connectivity index (χ0n) is 47.0. The third-order valence-corrected chi connectivity index (χ3v) is 21.9. The number of rotatable bonds is 8. The number of Topliss-reactive ketones (excluding diaryl/α,β-unsaturated/α-hetero) is 3. The summed E-state index contributed by atoms with van der Waals surface area (Å²) >= 11 is 3.44. The minimum Gasteiger partial charge on any atom is -0.300 e. The van der Waals surface area contributed by atoms with Crippen LogP contribution in [0.25, 0.3) is 40.5 Å². The number of hydrogen-bond acceptors (Lipinski definition) is 6. The topological polar surface area (TPSA) is 89.9 Å². The summed E-state index contributed by atoms with van der Waals surface area (Å²) in [7, 11) is 0. The maximum absolute atomic E-state index is 13.5. The fourth-order valence-corrected chi connectivity index (χ4v) is 18.1. The maximum Gasteiger partial charge on any atom is 0.133 e. The first-order valence-electron chi connectivity index (χ1n) is 31.2. The first-order valence-corrected chi connectivity index (χ1v) is 32.0. The van der Waals surface area contributed by atoms with E-state index in [2.05, 4.69) is 73.4 Å². The predicted molar refractivity (Wildman–Crippen MR) is 323 cm³/mol. The van der Waals surface area contributed by atoms with Crippen molar-refractivity contribution in [3.8, 4) is 22.3 Å². The summed E-state index contributed by atoms with van der Waals surface area (Å²) < 4.78 is 28.0. The zero-order valence-corrected chi connectivity index (χ0v) is 48.6. The Bertz CT molecular complexity index is 2950. The Morgan fingerprint density at radius 2 is 0.741 bits per heavy atom. The van der Waals surface area contributed by atoms with E-state index in [1.54, 1.807) is 12.1 Å². The van der Waals surface area contributed by atoms with Gasteiger partial charge in [-0.15, -0.1) is 0 Å². The Balaban J connectivity index is 0.000000122. The summed E-state index contributed by atoms with van der Waals surface area (Å²) in [5.41, 5.74) is 6.43. The van der Waals surface area contributed by atoms with Crippen LogP contribution in [-0.2, 0) is 14.4 Å². The molecule has 9 aliphatic carbocycles. The number of nitrogens with zero attached hydrogens (tertiary/aromatic N) is 3. The molecule has 9 aliphatic rings. The summed E-state index contributed by atoms with van der Waals surface area (Å²) in [6, 6.07) is 25.4.